The number of methoxy groups -OCH3 is 1. The molecule has 0 aromatic heterocycles. The van der Waals surface area contributed by atoms with Crippen LogP contribution in [0.3, 0.4) is 0 Å². The van der Waals surface area contributed by atoms with Crippen molar-refractivity contribution in [2.24, 2.45) is 0 Å². The summed E-state index contributed by atoms with van der Waals surface area (Å²) in [5, 5.41) is 2.56. The van der Waals surface area contributed by atoms with Gasteiger partial charge in [-0.2, -0.15) is 0 Å². The predicted molar refractivity (Wildman–Crippen MR) is 156 cm³/mol. The van der Waals surface area contributed by atoms with E-state index in [4.69, 9.17) is 23.4 Å². The molecule has 3 aromatic carbocycles. The number of hydrogen-bond acceptors (Lipinski definition) is 5. The SMILES string of the molecule is COCCOCO[C@H]1CC([Se]c2ccccc2)O[C@@H]1CO[Si](c1ccccc1)(c1ccccc1)C(C)(C)C. The van der Waals surface area contributed by atoms with Gasteiger partial charge in [0.05, 0.1) is 0 Å². The number of hydrogen-bond donors (Lipinski definition) is 0. The van der Waals surface area contributed by atoms with Gasteiger partial charge in [0.15, 0.2) is 0 Å². The molecule has 1 aliphatic heterocycles. The maximum atomic E-state index is 7.20. The fraction of sp³-hybridized carbons (Fsp3) is 0.419. The second-order valence-corrected chi connectivity index (χ2v) is 17.4. The van der Waals surface area contributed by atoms with Gasteiger partial charge in [-0.3, -0.25) is 0 Å². The van der Waals surface area contributed by atoms with E-state index in [1.807, 2.05) is 0 Å². The van der Waals surface area contributed by atoms with Crippen LogP contribution in [-0.2, 0) is 23.4 Å². The van der Waals surface area contributed by atoms with Gasteiger partial charge >= 0.3 is 236 Å². The molecule has 0 radical (unpaired) electrons. The molecule has 0 aliphatic carbocycles. The van der Waals surface area contributed by atoms with Crippen LogP contribution in [0, 0.1) is 0 Å². The minimum atomic E-state index is -2.67. The summed E-state index contributed by atoms with van der Waals surface area (Å²) in [5.74, 6) is 0. The molecule has 0 bridgehead atoms. The number of rotatable bonds is 13. The van der Waals surface area contributed by atoms with Gasteiger partial charge in [-0.05, 0) is 0 Å². The van der Waals surface area contributed by atoms with Crippen LogP contribution < -0.4 is 14.8 Å². The molecule has 0 amide bonds. The molecule has 4 rings (SSSR count). The maximum absolute atomic E-state index is 7.20. The topological polar surface area (TPSA) is 46.2 Å². The van der Waals surface area contributed by atoms with Gasteiger partial charge < -0.3 is 0 Å². The van der Waals surface area contributed by atoms with E-state index < -0.39 is 8.32 Å². The summed E-state index contributed by atoms with van der Waals surface area (Å²) in [5.41, 5.74) is 0. The van der Waals surface area contributed by atoms with Crippen molar-refractivity contribution in [2.75, 3.05) is 33.7 Å². The fourth-order valence-corrected chi connectivity index (χ4v) is 11.9. The first-order valence-corrected chi connectivity index (χ1v) is 17.0. The van der Waals surface area contributed by atoms with E-state index in [-0.39, 0.29) is 44.0 Å². The van der Waals surface area contributed by atoms with Gasteiger partial charge in [-0.15, -0.1) is 0 Å². The molecule has 1 fully saturated rings. The Labute approximate surface area is 235 Å². The molecule has 1 aliphatic rings. The second kappa shape index (κ2) is 14.0. The molecule has 3 atom stereocenters. The van der Waals surface area contributed by atoms with Gasteiger partial charge in [0, 0.05) is 0 Å². The summed E-state index contributed by atoms with van der Waals surface area (Å²) >= 11 is 0.186. The zero-order chi connectivity index (χ0) is 26.8. The molecule has 1 saturated heterocycles. The Balaban J connectivity index is 1.57. The molecule has 0 saturated carbocycles. The third-order valence-electron chi connectivity index (χ3n) is 6.85. The Kier molecular flexibility index (Phi) is 10.8. The quantitative estimate of drug-likeness (QED) is 0.170. The van der Waals surface area contributed by atoms with Gasteiger partial charge in [-0.1, -0.05) is 0 Å². The van der Waals surface area contributed by atoms with E-state index in [1.165, 1.54) is 14.8 Å². The van der Waals surface area contributed by atoms with Crippen molar-refractivity contribution in [2.45, 2.75) is 49.4 Å². The number of benzene rings is 3. The Morgan fingerprint density at radius 2 is 1.42 bits per heavy atom. The number of ether oxygens (including phenoxy) is 4. The van der Waals surface area contributed by atoms with Crippen LogP contribution in [0.2, 0.25) is 5.04 Å². The van der Waals surface area contributed by atoms with E-state index in [0.717, 1.165) is 6.42 Å². The minimum absolute atomic E-state index is 0.0913. The summed E-state index contributed by atoms with van der Waals surface area (Å²) < 4.78 is 32.2. The first-order chi connectivity index (χ1) is 18.4. The average Bonchev–Trinajstić information content (AvgIpc) is 3.31. The van der Waals surface area contributed by atoms with Crippen molar-refractivity contribution in [1.29, 1.82) is 0 Å². The van der Waals surface area contributed by atoms with Crippen molar-refractivity contribution in [3.63, 3.8) is 0 Å². The second-order valence-electron chi connectivity index (χ2n) is 10.5. The third-order valence-corrected chi connectivity index (χ3v) is 14.2. The van der Waals surface area contributed by atoms with Crippen molar-refractivity contribution in [3.05, 3.63) is 91.0 Å². The molecule has 1 heterocycles. The zero-order valence-electron chi connectivity index (χ0n) is 22.9. The van der Waals surface area contributed by atoms with Gasteiger partial charge in [0.25, 0.3) is 0 Å². The van der Waals surface area contributed by atoms with E-state index in [0.29, 0.717) is 19.8 Å². The van der Waals surface area contributed by atoms with E-state index in [2.05, 4.69) is 112 Å². The first kappa shape index (κ1) is 29.2. The molecule has 204 valence electrons. The molecule has 7 heteroatoms. The molecule has 0 N–H and O–H groups in total. The Hall–Kier alpha value is -1.80. The van der Waals surface area contributed by atoms with Crippen molar-refractivity contribution in [1.82, 2.24) is 0 Å². The summed E-state index contributed by atoms with van der Waals surface area (Å²) in [7, 11) is -1.000. The molecule has 1 unspecified atom stereocenters. The van der Waals surface area contributed by atoms with Gasteiger partial charge in [0.1, 0.15) is 0 Å². The molecule has 5 nitrogen and oxygen atoms in total. The van der Waals surface area contributed by atoms with Crippen LogP contribution in [0.25, 0.3) is 0 Å². The Morgan fingerprint density at radius 3 is 1.97 bits per heavy atom. The van der Waals surface area contributed by atoms with Crippen molar-refractivity contribution >= 4 is 38.1 Å². The third kappa shape index (κ3) is 7.23. The molecular formula is C31H40O5SeSi. The van der Waals surface area contributed by atoms with E-state index >= 15 is 0 Å². The normalized spacial score (nSPS) is 20.1. The van der Waals surface area contributed by atoms with Gasteiger partial charge in [-0.25, -0.2) is 0 Å². The summed E-state index contributed by atoms with van der Waals surface area (Å²) in [4.78, 5) is 0. The monoisotopic (exact) mass is 600 g/mol. The van der Waals surface area contributed by atoms with Crippen LogP contribution >= 0.6 is 0 Å². The Bertz CT molecular complexity index is 1040. The van der Waals surface area contributed by atoms with Gasteiger partial charge in [0.2, 0.25) is 0 Å². The molecule has 0 spiro atoms. The fourth-order valence-electron chi connectivity index (χ4n) is 5.03. The zero-order valence-corrected chi connectivity index (χ0v) is 25.6. The van der Waals surface area contributed by atoms with Crippen molar-refractivity contribution < 1.29 is 23.4 Å². The molecule has 3 aromatic rings. The van der Waals surface area contributed by atoms with Crippen molar-refractivity contribution in [3.8, 4) is 0 Å². The Morgan fingerprint density at radius 1 is 0.842 bits per heavy atom. The average molecular weight is 600 g/mol. The van der Waals surface area contributed by atoms with Crippen LogP contribution in [0.4, 0.5) is 0 Å². The van der Waals surface area contributed by atoms with Crippen LogP contribution in [-0.4, -0.2) is 74.2 Å². The summed E-state index contributed by atoms with van der Waals surface area (Å²) in [6, 6.07) is 32.1. The summed E-state index contributed by atoms with van der Waals surface area (Å²) in [6.07, 6.45) is 0.571. The summed E-state index contributed by atoms with van der Waals surface area (Å²) in [6.45, 7) is 8.64. The molecular weight excluding hydrogens is 559 g/mol. The molecule has 38 heavy (non-hydrogen) atoms. The van der Waals surface area contributed by atoms with Crippen LogP contribution in [0.15, 0.2) is 91.0 Å². The first-order valence-electron chi connectivity index (χ1n) is 13.2. The van der Waals surface area contributed by atoms with Crippen LogP contribution in [0.5, 0.6) is 0 Å². The standard InChI is InChI=1S/C31H40O5SeSi/c1-31(2,3)38(26-16-10-6-11-17-26,27-18-12-7-13-19-27)35-23-29-28(34-24-33-21-20-32-4)22-30(36-29)37-25-14-8-5-9-15-25/h5-19,28-30H,20-24H2,1-4H3/t28-,29+,30?/m0/s1. The van der Waals surface area contributed by atoms with E-state index in [1.54, 1.807) is 7.11 Å². The predicted octanol–water partition coefficient (Wildman–Crippen LogP) is 3.71. The van der Waals surface area contributed by atoms with Crippen LogP contribution in [0.1, 0.15) is 27.2 Å². The van der Waals surface area contributed by atoms with E-state index in [9.17, 15) is 0 Å².